The van der Waals surface area contributed by atoms with Crippen LogP contribution in [-0.2, 0) is 9.59 Å². The van der Waals surface area contributed by atoms with Crippen molar-refractivity contribution in [1.29, 1.82) is 0 Å². The predicted molar refractivity (Wildman–Crippen MR) is 108 cm³/mol. The molecule has 1 N–H and O–H groups in total. The first kappa shape index (κ1) is 18.8. The molecule has 2 aromatic rings. The van der Waals surface area contributed by atoms with E-state index in [1.54, 1.807) is 30.3 Å². The van der Waals surface area contributed by atoms with E-state index in [0.29, 0.717) is 32.9 Å². The smallest absolute Gasteiger partial charge is 0.270 e. The van der Waals surface area contributed by atoms with E-state index in [1.807, 2.05) is 6.92 Å². The molecule has 0 atom stereocenters. The van der Waals surface area contributed by atoms with Crippen molar-refractivity contribution >= 4 is 72.8 Å². The molecule has 1 fully saturated rings. The van der Waals surface area contributed by atoms with Gasteiger partial charge in [-0.1, -0.05) is 0 Å². The SMILES string of the molecule is CCOc1ccc(N2C(=O)/C(=C/c3cc(Br)c(Br)o3)C(=O)NC2=S)cc1. The molecule has 9 heteroatoms. The number of thiocarbonyl (C=S) groups is 1. The highest BCUT2D eigenvalue weighted by Gasteiger charge is 2.34. The molecular formula is C17H12Br2N2O4S. The Morgan fingerprint density at radius 1 is 1.27 bits per heavy atom. The van der Waals surface area contributed by atoms with Gasteiger partial charge in [0, 0.05) is 0 Å². The van der Waals surface area contributed by atoms with Crippen molar-refractivity contribution in [2.24, 2.45) is 0 Å². The van der Waals surface area contributed by atoms with Gasteiger partial charge in [-0.25, -0.2) is 0 Å². The number of halogens is 2. The first-order chi connectivity index (χ1) is 12.4. The van der Waals surface area contributed by atoms with Gasteiger partial charge in [-0.2, -0.15) is 0 Å². The van der Waals surface area contributed by atoms with Crippen molar-refractivity contribution in [1.82, 2.24) is 5.32 Å². The maximum Gasteiger partial charge on any atom is 0.270 e. The van der Waals surface area contributed by atoms with E-state index in [2.05, 4.69) is 37.2 Å². The molecule has 0 spiro atoms. The van der Waals surface area contributed by atoms with Crippen LogP contribution in [0.2, 0.25) is 0 Å². The molecule has 0 saturated carbocycles. The van der Waals surface area contributed by atoms with Crippen LogP contribution in [-0.4, -0.2) is 23.5 Å². The zero-order valence-corrected chi connectivity index (χ0v) is 17.4. The highest BCUT2D eigenvalue weighted by Crippen LogP contribution is 2.29. The highest BCUT2D eigenvalue weighted by atomic mass is 79.9. The number of carbonyl (C=O) groups excluding carboxylic acids is 2. The Bertz CT molecular complexity index is 902. The van der Waals surface area contributed by atoms with E-state index in [-0.39, 0.29) is 10.7 Å². The lowest BCUT2D eigenvalue weighted by atomic mass is 10.1. The number of carbonyl (C=O) groups is 2. The van der Waals surface area contributed by atoms with Crippen LogP contribution in [0, 0.1) is 0 Å². The topological polar surface area (TPSA) is 71.8 Å². The number of nitrogens with zero attached hydrogens (tertiary/aromatic N) is 1. The number of rotatable bonds is 4. The molecule has 0 bridgehead atoms. The number of anilines is 1. The Morgan fingerprint density at radius 2 is 1.96 bits per heavy atom. The van der Waals surface area contributed by atoms with Crippen LogP contribution in [0.1, 0.15) is 12.7 Å². The van der Waals surface area contributed by atoms with Crippen LogP contribution >= 0.6 is 44.1 Å². The summed E-state index contributed by atoms with van der Waals surface area (Å²) in [5.74, 6) is -0.0872. The molecule has 3 rings (SSSR count). The van der Waals surface area contributed by atoms with Gasteiger partial charge in [0.1, 0.15) is 17.1 Å². The molecular weight excluding hydrogens is 488 g/mol. The minimum atomic E-state index is -0.578. The number of nitrogens with one attached hydrogen (secondary N) is 1. The minimum Gasteiger partial charge on any atom is -0.494 e. The third-order valence-electron chi connectivity index (χ3n) is 3.46. The van der Waals surface area contributed by atoms with Crippen LogP contribution in [0.4, 0.5) is 5.69 Å². The zero-order chi connectivity index (χ0) is 18.8. The molecule has 1 saturated heterocycles. The Morgan fingerprint density at radius 3 is 2.54 bits per heavy atom. The van der Waals surface area contributed by atoms with Crippen molar-refractivity contribution in [2.45, 2.75) is 6.92 Å². The third kappa shape index (κ3) is 3.74. The molecule has 26 heavy (non-hydrogen) atoms. The number of amides is 2. The number of hydrogen-bond donors (Lipinski definition) is 1. The maximum atomic E-state index is 12.9. The van der Waals surface area contributed by atoms with Crippen molar-refractivity contribution in [3.8, 4) is 5.75 Å². The predicted octanol–water partition coefficient (Wildman–Crippen LogP) is 4.03. The summed E-state index contributed by atoms with van der Waals surface area (Å²) in [6.45, 7) is 2.42. The van der Waals surface area contributed by atoms with E-state index < -0.39 is 11.8 Å². The standard InChI is InChI=1S/C17H12Br2N2O4S/c1-2-24-10-5-3-9(4-6-10)21-16(23)12(15(22)20-17(21)26)7-11-8-13(18)14(19)25-11/h3-8H,2H2,1H3,(H,20,22,26)/b12-7+. The monoisotopic (exact) mass is 498 g/mol. The first-order valence-corrected chi connectivity index (χ1v) is 9.49. The zero-order valence-electron chi connectivity index (χ0n) is 13.4. The molecule has 1 aliphatic heterocycles. The molecule has 6 nitrogen and oxygen atoms in total. The Kier molecular flexibility index (Phi) is 5.59. The van der Waals surface area contributed by atoms with Gasteiger partial charge in [0.2, 0.25) is 0 Å². The van der Waals surface area contributed by atoms with Gasteiger partial charge in [0.15, 0.2) is 9.78 Å². The van der Waals surface area contributed by atoms with Crippen LogP contribution in [0.3, 0.4) is 0 Å². The molecule has 0 radical (unpaired) electrons. The van der Waals surface area contributed by atoms with Crippen molar-refractivity contribution in [3.63, 3.8) is 0 Å². The van der Waals surface area contributed by atoms with E-state index in [0.717, 1.165) is 0 Å². The lowest BCUT2D eigenvalue weighted by Gasteiger charge is -2.28. The fraction of sp³-hybridized carbons (Fsp3) is 0.118. The van der Waals surface area contributed by atoms with E-state index in [1.165, 1.54) is 11.0 Å². The summed E-state index contributed by atoms with van der Waals surface area (Å²) in [6.07, 6.45) is 1.37. The van der Waals surface area contributed by atoms with Crippen LogP contribution in [0.15, 0.2) is 49.5 Å². The van der Waals surface area contributed by atoms with E-state index in [4.69, 9.17) is 21.4 Å². The quantitative estimate of drug-likeness (QED) is 0.390. The second-order valence-corrected chi connectivity index (χ2v) is 7.12. The largest absolute Gasteiger partial charge is 0.494 e. The first-order valence-electron chi connectivity index (χ1n) is 7.50. The fourth-order valence-electron chi connectivity index (χ4n) is 2.33. The number of hydrogen-bond acceptors (Lipinski definition) is 5. The number of furan rings is 1. The molecule has 1 aromatic carbocycles. The van der Waals surface area contributed by atoms with Gasteiger partial charge in [-0.05, 0) is 87.4 Å². The molecule has 134 valence electrons. The molecule has 0 aliphatic carbocycles. The van der Waals surface area contributed by atoms with Crippen LogP contribution in [0.5, 0.6) is 5.75 Å². The molecule has 1 aromatic heterocycles. The van der Waals surface area contributed by atoms with Crippen LogP contribution < -0.4 is 15.0 Å². The molecule has 1 aliphatic rings. The van der Waals surface area contributed by atoms with Crippen molar-refractivity contribution in [2.75, 3.05) is 11.5 Å². The average Bonchev–Trinajstić information content (AvgIpc) is 2.91. The minimum absolute atomic E-state index is 0.0168. The molecule has 2 amide bonds. The summed E-state index contributed by atoms with van der Waals surface area (Å²) >= 11 is 11.7. The van der Waals surface area contributed by atoms with Crippen LogP contribution in [0.25, 0.3) is 6.08 Å². The summed E-state index contributed by atoms with van der Waals surface area (Å²) in [5.41, 5.74) is 0.442. The van der Waals surface area contributed by atoms with E-state index in [9.17, 15) is 9.59 Å². The summed E-state index contributed by atoms with van der Waals surface area (Å²) in [5, 5.41) is 2.54. The Balaban J connectivity index is 1.95. The maximum absolute atomic E-state index is 12.9. The lowest BCUT2D eigenvalue weighted by Crippen LogP contribution is -2.54. The Hall–Kier alpha value is -1.97. The van der Waals surface area contributed by atoms with Crippen molar-refractivity contribution in [3.05, 3.63) is 50.8 Å². The average molecular weight is 500 g/mol. The van der Waals surface area contributed by atoms with E-state index >= 15 is 0 Å². The molecule has 0 unspecified atom stereocenters. The molecule has 2 heterocycles. The third-order valence-corrected chi connectivity index (χ3v) is 5.45. The van der Waals surface area contributed by atoms with Gasteiger partial charge < -0.3 is 9.15 Å². The van der Waals surface area contributed by atoms with Gasteiger partial charge in [0.25, 0.3) is 11.8 Å². The Labute approximate surface area is 171 Å². The van der Waals surface area contributed by atoms with Crippen molar-refractivity contribution < 1.29 is 18.7 Å². The van der Waals surface area contributed by atoms with Gasteiger partial charge in [-0.15, -0.1) is 0 Å². The summed E-state index contributed by atoms with van der Waals surface area (Å²) in [7, 11) is 0. The lowest BCUT2D eigenvalue weighted by molar-refractivity contribution is -0.122. The van der Waals surface area contributed by atoms with Gasteiger partial charge in [-0.3, -0.25) is 19.8 Å². The number of ether oxygens (including phenoxy) is 1. The van der Waals surface area contributed by atoms with Gasteiger partial charge in [0.05, 0.1) is 16.8 Å². The second kappa shape index (κ2) is 7.73. The second-order valence-electron chi connectivity index (χ2n) is 5.16. The number of benzene rings is 1. The normalized spacial score (nSPS) is 16.2. The summed E-state index contributed by atoms with van der Waals surface area (Å²) in [4.78, 5) is 26.3. The summed E-state index contributed by atoms with van der Waals surface area (Å²) in [6, 6.07) is 8.51. The fourth-order valence-corrected chi connectivity index (χ4v) is 3.22. The summed E-state index contributed by atoms with van der Waals surface area (Å²) < 4.78 is 11.9. The van der Waals surface area contributed by atoms with Gasteiger partial charge >= 0.3 is 0 Å². The highest BCUT2D eigenvalue weighted by molar-refractivity contribution is 9.13.